The third kappa shape index (κ3) is 5.22. The van der Waals surface area contributed by atoms with E-state index in [1.807, 2.05) is 6.07 Å². The summed E-state index contributed by atoms with van der Waals surface area (Å²) in [5.41, 5.74) is 7.39. The maximum Gasteiger partial charge on any atom is 0.0767 e. The lowest BCUT2D eigenvalue weighted by Gasteiger charge is -2.26. The second-order valence-electron chi connectivity index (χ2n) is 4.72. The SMILES string of the molecule is CCCCCCCC(N)N(C)c1ccccc1. The van der Waals surface area contributed by atoms with Gasteiger partial charge in [-0.15, -0.1) is 0 Å². The zero-order valence-electron chi connectivity index (χ0n) is 11.2. The van der Waals surface area contributed by atoms with Gasteiger partial charge in [0.2, 0.25) is 0 Å². The zero-order valence-corrected chi connectivity index (χ0v) is 11.2. The van der Waals surface area contributed by atoms with E-state index in [2.05, 4.69) is 43.1 Å². The number of hydrogen-bond acceptors (Lipinski definition) is 2. The first-order valence-electron chi connectivity index (χ1n) is 6.79. The molecule has 2 N–H and O–H groups in total. The van der Waals surface area contributed by atoms with Crippen LogP contribution in [0, 0.1) is 0 Å². The minimum Gasteiger partial charge on any atom is -0.359 e. The molecular formula is C15H26N2. The quantitative estimate of drug-likeness (QED) is 0.548. The topological polar surface area (TPSA) is 29.3 Å². The van der Waals surface area contributed by atoms with Crippen LogP contribution >= 0.6 is 0 Å². The standard InChI is InChI=1S/C15H26N2/c1-3-4-5-6-10-13-15(16)17(2)14-11-8-7-9-12-14/h7-9,11-12,15H,3-6,10,13,16H2,1-2H3. The van der Waals surface area contributed by atoms with E-state index in [4.69, 9.17) is 5.73 Å². The monoisotopic (exact) mass is 234 g/mol. The Bertz CT molecular complexity index is 284. The number of anilines is 1. The number of rotatable bonds is 8. The molecule has 2 heteroatoms. The highest BCUT2D eigenvalue weighted by atomic mass is 15.2. The van der Waals surface area contributed by atoms with Crippen molar-refractivity contribution < 1.29 is 0 Å². The van der Waals surface area contributed by atoms with E-state index in [9.17, 15) is 0 Å². The summed E-state index contributed by atoms with van der Waals surface area (Å²) in [5, 5.41) is 0. The molecule has 0 saturated heterocycles. The lowest BCUT2D eigenvalue weighted by Crippen LogP contribution is -2.39. The average Bonchev–Trinajstić information content (AvgIpc) is 2.38. The molecule has 1 atom stereocenters. The van der Waals surface area contributed by atoms with Crippen molar-refractivity contribution in [2.75, 3.05) is 11.9 Å². The Labute approximate surface area is 106 Å². The molecular weight excluding hydrogens is 208 g/mol. The summed E-state index contributed by atoms with van der Waals surface area (Å²) in [6, 6.07) is 10.4. The van der Waals surface area contributed by atoms with Gasteiger partial charge < -0.3 is 10.6 Å². The highest BCUT2D eigenvalue weighted by Crippen LogP contribution is 2.15. The van der Waals surface area contributed by atoms with Gasteiger partial charge in [-0.3, -0.25) is 0 Å². The molecule has 0 bridgehead atoms. The molecule has 1 unspecified atom stereocenters. The number of para-hydroxylation sites is 1. The number of nitrogens with two attached hydrogens (primary N) is 1. The molecule has 1 rings (SSSR count). The number of nitrogens with zero attached hydrogens (tertiary/aromatic N) is 1. The van der Waals surface area contributed by atoms with Crippen LogP contribution in [0.1, 0.15) is 45.4 Å². The first kappa shape index (κ1) is 14.0. The van der Waals surface area contributed by atoms with Crippen LogP contribution in [0.4, 0.5) is 5.69 Å². The van der Waals surface area contributed by atoms with Gasteiger partial charge in [-0.05, 0) is 18.6 Å². The van der Waals surface area contributed by atoms with Crippen LogP contribution in [-0.2, 0) is 0 Å². The Kier molecular flexibility index (Phi) is 6.71. The molecule has 0 aromatic heterocycles. The fraction of sp³-hybridized carbons (Fsp3) is 0.600. The second kappa shape index (κ2) is 8.13. The third-order valence-electron chi connectivity index (χ3n) is 3.26. The number of hydrogen-bond donors (Lipinski definition) is 1. The van der Waals surface area contributed by atoms with Crippen LogP contribution in [0.25, 0.3) is 0 Å². The Balaban J connectivity index is 2.25. The second-order valence-corrected chi connectivity index (χ2v) is 4.72. The molecule has 0 heterocycles. The van der Waals surface area contributed by atoms with Crippen molar-refractivity contribution in [2.45, 2.75) is 51.6 Å². The van der Waals surface area contributed by atoms with E-state index in [0.717, 1.165) is 6.42 Å². The summed E-state index contributed by atoms with van der Waals surface area (Å²) in [7, 11) is 2.08. The van der Waals surface area contributed by atoms with Crippen LogP contribution in [0.2, 0.25) is 0 Å². The minimum absolute atomic E-state index is 0.138. The van der Waals surface area contributed by atoms with Crippen molar-refractivity contribution in [1.82, 2.24) is 0 Å². The summed E-state index contributed by atoms with van der Waals surface area (Å²) in [6.07, 6.45) is 7.76. The van der Waals surface area contributed by atoms with E-state index < -0.39 is 0 Å². The van der Waals surface area contributed by atoms with E-state index in [-0.39, 0.29) is 6.17 Å². The molecule has 0 radical (unpaired) electrons. The van der Waals surface area contributed by atoms with Crippen molar-refractivity contribution in [3.05, 3.63) is 30.3 Å². The van der Waals surface area contributed by atoms with E-state index in [1.54, 1.807) is 0 Å². The van der Waals surface area contributed by atoms with Crippen LogP contribution in [0.3, 0.4) is 0 Å². The lowest BCUT2D eigenvalue weighted by atomic mass is 10.1. The van der Waals surface area contributed by atoms with Gasteiger partial charge in [0.25, 0.3) is 0 Å². The largest absolute Gasteiger partial charge is 0.359 e. The van der Waals surface area contributed by atoms with Gasteiger partial charge in [-0.25, -0.2) is 0 Å². The Morgan fingerprint density at radius 1 is 1.06 bits per heavy atom. The highest BCUT2D eigenvalue weighted by Gasteiger charge is 2.09. The smallest absolute Gasteiger partial charge is 0.0767 e. The van der Waals surface area contributed by atoms with Gasteiger partial charge in [0.1, 0.15) is 0 Å². The lowest BCUT2D eigenvalue weighted by molar-refractivity contribution is 0.534. The third-order valence-corrected chi connectivity index (χ3v) is 3.26. The molecule has 0 aliphatic heterocycles. The molecule has 17 heavy (non-hydrogen) atoms. The maximum absolute atomic E-state index is 6.19. The molecule has 1 aromatic rings. The summed E-state index contributed by atoms with van der Waals surface area (Å²) < 4.78 is 0. The fourth-order valence-electron chi connectivity index (χ4n) is 2.01. The van der Waals surface area contributed by atoms with Gasteiger partial charge >= 0.3 is 0 Å². The molecule has 0 aliphatic carbocycles. The molecule has 0 spiro atoms. The van der Waals surface area contributed by atoms with E-state index >= 15 is 0 Å². The summed E-state index contributed by atoms with van der Waals surface area (Å²) in [4.78, 5) is 2.17. The highest BCUT2D eigenvalue weighted by molar-refractivity contribution is 5.45. The molecule has 0 aliphatic rings. The van der Waals surface area contributed by atoms with Crippen LogP contribution in [0.5, 0.6) is 0 Å². The summed E-state index contributed by atoms with van der Waals surface area (Å²) in [5.74, 6) is 0. The van der Waals surface area contributed by atoms with Crippen LogP contribution in [0.15, 0.2) is 30.3 Å². The molecule has 0 amide bonds. The van der Waals surface area contributed by atoms with Gasteiger partial charge in [0.15, 0.2) is 0 Å². The van der Waals surface area contributed by atoms with Crippen molar-refractivity contribution in [3.63, 3.8) is 0 Å². The van der Waals surface area contributed by atoms with E-state index in [1.165, 1.54) is 37.8 Å². The normalized spacial score (nSPS) is 12.4. The molecule has 2 nitrogen and oxygen atoms in total. The zero-order chi connectivity index (χ0) is 12.5. The summed E-state index contributed by atoms with van der Waals surface area (Å²) in [6.45, 7) is 2.24. The van der Waals surface area contributed by atoms with Gasteiger partial charge in [-0.1, -0.05) is 57.2 Å². The summed E-state index contributed by atoms with van der Waals surface area (Å²) >= 11 is 0. The fourth-order valence-corrected chi connectivity index (χ4v) is 2.01. The predicted molar refractivity (Wildman–Crippen MR) is 76.2 cm³/mol. The molecule has 0 fully saturated rings. The van der Waals surface area contributed by atoms with Gasteiger partial charge in [0, 0.05) is 12.7 Å². The van der Waals surface area contributed by atoms with E-state index in [0.29, 0.717) is 0 Å². The van der Waals surface area contributed by atoms with Crippen LogP contribution in [-0.4, -0.2) is 13.2 Å². The van der Waals surface area contributed by atoms with Crippen molar-refractivity contribution in [2.24, 2.45) is 5.73 Å². The number of benzene rings is 1. The van der Waals surface area contributed by atoms with Crippen molar-refractivity contribution in [3.8, 4) is 0 Å². The average molecular weight is 234 g/mol. The van der Waals surface area contributed by atoms with Gasteiger partial charge in [0.05, 0.1) is 6.17 Å². The molecule has 0 saturated carbocycles. The molecule has 1 aromatic carbocycles. The van der Waals surface area contributed by atoms with Crippen LogP contribution < -0.4 is 10.6 Å². The predicted octanol–water partition coefficient (Wildman–Crippen LogP) is 3.77. The van der Waals surface area contributed by atoms with Crippen molar-refractivity contribution >= 4 is 5.69 Å². The molecule has 96 valence electrons. The Morgan fingerprint density at radius 2 is 1.71 bits per heavy atom. The Morgan fingerprint density at radius 3 is 2.35 bits per heavy atom. The van der Waals surface area contributed by atoms with Gasteiger partial charge in [-0.2, -0.15) is 0 Å². The Hall–Kier alpha value is -1.02. The minimum atomic E-state index is 0.138. The number of unbranched alkanes of at least 4 members (excludes halogenated alkanes) is 4. The first-order chi connectivity index (χ1) is 8.25. The first-order valence-corrected chi connectivity index (χ1v) is 6.79. The maximum atomic E-state index is 6.19. The van der Waals surface area contributed by atoms with Crippen molar-refractivity contribution in [1.29, 1.82) is 0 Å².